The van der Waals surface area contributed by atoms with E-state index in [1.165, 1.54) is 19.3 Å². The average Bonchev–Trinajstić information content (AvgIpc) is 2.60. The van der Waals surface area contributed by atoms with Crippen LogP contribution in [-0.2, 0) is 26.9 Å². The van der Waals surface area contributed by atoms with Crippen LogP contribution in [0.15, 0.2) is 36.5 Å². The standard InChI is InChI=1S/C17H19N2O7P/c1-11-16(20)14(13(8-18-11)10-26-27(23,24)25)9-19-15(17(21)22)7-12-5-3-2-4-6-12/h2-6,8-9,15,20H,7,10H2,1H3,(H,21,22)(H2,23,24,25)/t15-/m0/s1. The lowest BCUT2D eigenvalue weighted by molar-refractivity contribution is -0.501. The van der Waals surface area contributed by atoms with Gasteiger partial charge in [0.15, 0.2) is 12.3 Å². The minimum atomic E-state index is -4.73. The number of hydrogen-bond donors (Lipinski definition) is 4. The molecule has 0 aliphatic carbocycles. The molecule has 0 aliphatic rings. The predicted molar refractivity (Wildman–Crippen MR) is 92.5 cm³/mol. The molecule has 10 heteroatoms. The number of aromatic nitrogens is 1. The van der Waals surface area contributed by atoms with Crippen LogP contribution in [0.5, 0.6) is 5.75 Å². The van der Waals surface area contributed by atoms with Crippen molar-refractivity contribution in [1.29, 1.82) is 0 Å². The summed E-state index contributed by atoms with van der Waals surface area (Å²) in [6.45, 7) is 1.01. The maximum absolute atomic E-state index is 11.4. The highest BCUT2D eigenvalue weighted by atomic mass is 31.2. The lowest BCUT2D eigenvalue weighted by atomic mass is 10.1. The smallest absolute Gasteiger partial charge is 0.469 e. The predicted octanol–water partition coefficient (Wildman–Crippen LogP) is -1.43. The summed E-state index contributed by atoms with van der Waals surface area (Å²) in [6.07, 6.45) is 2.66. The van der Waals surface area contributed by atoms with Gasteiger partial charge in [0.25, 0.3) is 0 Å². The summed E-state index contributed by atoms with van der Waals surface area (Å²) in [4.78, 5) is 35.7. The number of phosphoric ester groups is 1. The molecule has 9 nitrogen and oxygen atoms in total. The molecule has 4 N–H and O–H groups in total. The highest BCUT2D eigenvalue weighted by Crippen LogP contribution is 2.37. The van der Waals surface area contributed by atoms with Gasteiger partial charge in [-0.15, -0.1) is 0 Å². The number of hydrogen-bond acceptors (Lipinski definition) is 6. The topological polar surface area (TPSA) is 154 Å². The number of carbonyl (C=O) groups is 1. The third-order valence-electron chi connectivity index (χ3n) is 3.74. The van der Waals surface area contributed by atoms with Crippen molar-refractivity contribution in [3.63, 3.8) is 0 Å². The molecule has 0 saturated carbocycles. The van der Waals surface area contributed by atoms with E-state index in [4.69, 9.17) is 9.79 Å². The van der Waals surface area contributed by atoms with Gasteiger partial charge < -0.3 is 24.8 Å². The van der Waals surface area contributed by atoms with Gasteiger partial charge in [-0.3, -0.25) is 9.51 Å². The maximum atomic E-state index is 11.4. The zero-order valence-electron chi connectivity index (χ0n) is 14.4. The van der Waals surface area contributed by atoms with Crippen molar-refractivity contribution in [2.45, 2.75) is 26.0 Å². The summed E-state index contributed by atoms with van der Waals surface area (Å²) in [5.74, 6) is -1.60. The monoisotopic (exact) mass is 394 g/mol. The van der Waals surface area contributed by atoms with Gasteiger partial charge in [0, 0.05) is 18.2 Å². The van der Waals surface area contributed by atoms with Crippen LogP contribution in [0, 0.1) is 6.92 Å². The van der Waals surface area contributed by atoms with E-state index >= 15 is 0 Å². The van der Waals surface area contributed by atoms with E-state index in [-0.39, 0.29) is 29.0 Å². The molecule has 0 unspecified atom stereocenters. The fourth-order valence-corrected chi connectivity index (χ4v) is 2.63. The van der Waals surface area contributed by atoms with Gasteiger partial charge in [-0.1, -0.05) is 30.3 Å². The summed E-state index contributed by atoms with van der Waals surface area (Å²) in [5, 5.41) is 21.6. The van der Waals surface area contributed by atoms with Crippen molar-refractivity contribution in [1.82, 2.24) is 4.98 Å². The number of aryl methyl sites for hydroxylation is 1. The normalized spacial score (nSPS) is 13.0. The molecule has 2 aromatic rings. The molecular formula is C17H19N2O7P. The first-order valence-corrected chi connectivity index (χ1v) is 9.42. The highest BCUT2D eigenvalue weighted by Gasteiger charge is 2.20. The Balaban J connectivity index is 2.30. The van der Waals surface area contributed by atoms with Crippen molar-refractivity contribution >= 4 is 20.0 Å². The van der Waals surface area contributed by atoms with Gasteiger partial charge in [0.1, 0.15) is 11.7 Å². The van der Waals surface area contributed by atoms with E-state index in [2.05, 4.69) is 14.5 Å². The van der Waals surface area contributed by atoms with Crippen LogP contribution in [0.4, 0.5) is 0 Å². The molecule has 0 radical (unpaired) electrons. The van der Waals surface area contributed by atoms with Crippen LogP contribution in [0.3, 0.4) is 0 Å². The number of carboxylic acids is 1. The number of nitrogens with one attached hydrogen (secondary N) is 1. The summed E-state index contributed by atoms with van der Waals surface area (Å²) < 4.78 is 15.3. The first kappa shape index (κ1) is 20.7. The third kappa shape index (κ3) is 6.26. The molecule has 144 valence electrons. The third-order valence-corrected chi connectivity index (χ3v) is 4.21. The van der Waals surface area contributed by atoms with E-state index in [9.17, 15) is 19.6 Å². The van der Waals surface area contributed by atoms with Gasteiger partial charge in [-0.25, -0.2) is 9.56 Å². The maximum Gasteiger partial charge on any atom is 0.469 e. The molecule has 1 aromatic carbocycles. The molecule has 0 fully saturated rings. The molecule has 0 spiro atoms. The second-order valence-corrected chi connectivity index (χ2v) is 7.01. The SMILES string of the molecule is Cc1ncc(COP(=O)(O)O)c(C=[NH+][C@@H](Cc2ccccc2)C(=O)[O-])c1O. The van der Waals surface area contributed by atoms with Gasteiger partial charge >= 0.3 is 7.82 Å². The Hall–Kier alpha value is -2.58. The van der Waals surface area contributed by atoms with Crippen molar-refractivity contribution in [3.8, 4) is 5.75 Å². The van der Waals surface area contributed by atoms with E-state index in [0.717, 1.165) is 5.56 Å². The summed E-state index contributed by atoms with van der Waals surface area (Å²) in [6, 6.07) is 7.82. The summed E-state index contributed by atoms with van der Waals surface area (Å²) >= 11 is 0. The zero-order valence-corrected chi connectivity index (χ0v) is 15.3. The van der Waals surface area contributed by atoms with E-state index < -0.39 is 26.4 Å². The van der Waals surface area contributed by atoms with Crippen LogP contribution in [0.1, 0.15) is 22.4 Å². The number of nitrogens with zero attached hydrogens (tertiary/aromatic N) is 1. The first-order valence-electron chi connectivity index (χ1n) is 7.89. The van der Waals surface area contributed by atoms with Gasteiger partial charge in [-0.2, -0.15) is 0 Å². The Bertz CT molecular complexity index is 880. The molecule has 0 aliphatic heterocycles. The number of carboxylic acid groups (broad SMARTS) is 1. The van der Waals surface area contributed by atoms with E-state index in [1.54, 1.807) is 24.3 Å². The second-order valence-electron chi connectivity index (χ2n) is 5.77. The van der Waals surface area contributed by atoms with Gasteiger partial charge in [0.05, 0.1) is 17.9 Å². The van der Waals surface area contributed by atoms with Gasteiger partial charge in [0.2, 0.25) is 0 Å². The Morgan fingerprint density at radius 2 is 2.04 bits per heavy atom. The fourth-order valence-electron chi connectivity index (χ4n) is 2.33. The van der Waals surface area contributed by atoms with Crippen LogP contribution < -0.4 is 10.1 Å². The number of benzene rings is 1. The van der Waals surface area contributed by atoms with Crippen molar-refractivity contribution in [3.05, 3.63) is 58.9 Å². The number of rotatable bonds is 8. The van der Waals surface area contributed by atoms with Crippen LogP contribution >= 0.6 is 7.82 Å². The number of carbonyl (C=O) groups excluding carboxylic acids is 1. The Kier molecular flexibility index (Phi) is 6.81. The number of pyridine rings is 1. The second kappa shape index (κ2) is 8.88. The van der Waals surface area contributed by atoms with Crippen molar-refractivity contribution in [2.24, 2.45) is 0 Å². The molecule has 1 heterocycles. The highest BCUT2D eigenvalue weighted by molar-refractivity contribution is 7.46. The molecule has 27 heavy (non-hydrogen) atoms. The molecule has 2 rings (SSSR count). The molecular weight excluding hydrogens is 375 g/mol. The fraction of sp³-hybridized carbons (Fsp3) is 0.235. The average molecular weight is 394 g/mol. The largest absolute Gasteiger partial charge is 0.543 e. The molecule has 0 bridgehead atoms. The van der Waals surface area contributed by atoms with Crippen LogP contribution in [0.25, 0.3) is 0 Å². The number of phosphoric acid groups is 1. The Morgan fingerprint density at radius 3 is 2.63 bits per heavy atom. The first-order chi connectivity index (χ1) is 12.7. The van der Waals surface area contributed by atoms with Crippen molar-refractivity contribution in [2.75, 3.05) is 0 Å². The lowest BCUT2D eigenvalue weighted by Crippen LogP contribution is -2.81. The minimum absolute atomic E-state index is 0.121. The van der Waals surface area contributed by atoms with Crippen molar-refractivity contribution < 1.29 is 38.9 Å². The molecule has 0 amide bonds. The number of aromatic hydroxyl groups is 1. The lowest BCUT2D eigenvalue weighted by Gasteiger charge is -2.11. The molecule has 1 atom stereocenters. The quantitative estimate of drug-likeness (QED) is 0.314. The van der Waals surface area contributed by atoms with E-state index in [1.807, 2.05) is 6.07 Å². The van der Waals surface area contributed by atoms with Crippen LogP contribution in [0.2, 0.25) is 0 Å². The molecule has 1 aromatic heterocycles. The molecule has 0 saturated heterocycles. The van der Waals surface area contributed by atoms with Crippen LogP contribution in [-0.4, -0.2) is 38.1 Å². The Morgan fingerprint density at radius 1 is 1.37 bits per heavy atom. The zero-order chi connectivity index (χ0) is 20.0. The van der Waals surface area contributed by atoms with E-state index in [0.29, 0.717) is 0 Å². The summed E-state index contributed by atoms with van der Waals surface area (Å²) in [7, 11) is -4.73. The Labute approximate surface area is 155 Å². The summed E-state index contributed by atoms with van der Waals surface area (Å²) in [5.41, 5.74) is 1.32. The van der Waals surface area contributed by atoms with Gasteiger partial charge in [-0.05, 0) is 12.5 Å². The number of aliphatic carboxylic acids is 1. The minimum Gasteiger partial charge on any atom is -0.543 e.